The van der Waals surface area contributed by atoms with Gasteiger partial charge >= 0.3 is 0 Å². The van der Waals surface area contributed by atoms with Crippen LogP contribution in [0.15, 0.2) is 161 Å². The number of aromatic nitrogens is 4. The van der Waals surface area contributed by atoms with Gasteiger partial charge in [0.2, 0.25) is 11.8 Å². The van der Waals surface area contributed by atoms with E-state index in [9.17, 15) is 18.7 Å². The average Bonchev–Trinajstić information content (AvgIpc) is 1.92. The highest BCUT2D eigenvalue weighted by Gasteiger charge is 2.24. The van der Waals surface area contributed by atoms with Crippen LogP contribution in [0.3, 0.4) is 0 Å². The number of allylic oxidation sites excluding steroid dienone is 3. The Morgan fingerprint density at radius 1 is 0.626 bits per heavy atom. The molecule has 2 heterocycles. The monoisotopic (exact) mass is 1270 g/mol. The predicted octanol–water partition coefficient (Wildman–Crippen LogP) is 14.5. The number of methoxy groups -OCH3 is 2. The summed E-state index contributed by atoms with van der Waals surface area (Å²) >= 11 is -2.60. The van der Waals surface area contributed by atoms with E-state index in [-0.39, 0.29) is 23.7 Å². The molecule has 482 valence electrons. The Hall–Kier alpha value is -7.84. The Bertz CT molecular complexity index is 3580. The Morgan fingerprint density at radius 3 is 1.81 bits per heavy atom. The number of anilines is 2. The minimum atomic E-state index is -1.34. The van der Waals surface area contributed by atoms with Crippen LogP contribution in [-0.2, 0) is 77.2 Å². The summed E-state index contributed by atoms with van der Waals surface area (Å²) in [6.07, 6.45) is 21.2. The molecule has 2 unspecified atom stereocenters. The van der Waals surface area contributed by atoms with E-state index in [4.69, 9.17) is 33.4 Å². The molecule has 1 aliphatic carbocycles. The number of aryl methyl sites for hydroxylation is 4. The lowest BCUT2D eigenvalue weighted by molar-refractivity contribution is -0.112. The average molecular weight is 1270 g/mol. The van der Waals surface area contributed by atoms with Crippen molar-refractivity contribution in [3.63, 3.8) is 0 Å². The van der Waals surface area contributed by atoms with Crippen LogP contribution >= 0.6 is 0 Å². The lowest BCUT2D eigenvalue weighted by atomic mass is 9.83. The number of nitrogens with zero attached hydrogens (tertiary/aromatic N) is 4. The molecule has 0 saturated carbocycles. The molecule has 7 aromatic rings. The third kappa shape index (κ3) is 20.3. The number of ether oxygens (including phenoxy) is 6. The fourth-order valence-electron chi connectivity index (χ4n) is 10.7. The summed E-state index contributed by atoms with van der Waals surface area (Å²) in [5.74, 6) is 4.30. The highest BCUT2D eigenvalue weighted by Crippen LogP contribution is 2.36. The minimum absolute atomic E-state index is 0.133. The van der Waals surface area contributed by atoms with Crippen LogP contribution in [0.25, 0.3) is 23.3 Å². The van der Waals surface area contributed by atoms with Crippen LogP contribution in [0.1, 0.15) is 117 Å². The van der Waals surface area contributed by atoms with Crippen molar-refractivity contribution in [3.8, 4) is 28.4 Å². The number of benzene rings is 5. The second-order valence-electron chi connectivity index (χ2n) is 22.4. The van der Waals surface area contributed by atoms with Crippen LogP contribution in [0.4, 0.5) is 11.4 Å². The maximum Gasteiger partial charge on any atom is 0.248 e. The maximum atomic E-state index is 13.9. The van der Waals surface area contributed by atoms with E-state index in [1.807, 2.05) is 68.5 Å². The normalized spacial score (nSPS) is 14.6. The molecule has 0 bridgehead atoms. The number of nitrogens with one attached hydrogen (secondary N) is 2. The van der Waals surface area contributed by atoms with Crippen LogP contribution in [-0.4, -0.2) is 93.9 Å². The molecule has 0 saturated heterocycles. The molecule has 18 heteroatoms. The zero-order chi connectivity index (χ0) is 64.5. The van der Waals surface area contributed by atoms with Crippen LogP contribution < -0.4 is 24.8 Å². The first-order valence-corrected chi connectivity index (χ1v) is 34.2. The number of carbonyl (C=O) groups is 2. The highest BCUT2D eigenvalue weighted by atomic mass is 32.2. The summed E-state index contributed by atoms with van der Waals surface area (Å²) in [4.78, 5) is 36.9. The standard InChI is InChI=1S/C73H88N6O10S2/c1-9-12-40-86-43-45-89-63-28-33-66(52(4)46-63)57-19-35-70(85-8)59(48-57)21-37-73(81)77-61-24-31-65(32-25-61)91(83)50-68-54(6)75-71(79(68)39-11-3)15-13-14-41-87-42-44-88-62-26-16-55(17-27-62)56-18-34-69(84-7)58(47-56)20-36-72(80)76-60-22-29-64(30-23-60)90(82)49-67-53(5)74-51-78(67)38-10-2/h16-37,46-48,51-52,66H,9-15,38-45,49-50H2,1-8H3,(H,76,80)(H,77,81)/b36-20+,37-21+/t52?,66?,90-,91+/m0/s1. The minimum Gasteiger partial charge on any atom is -0.611 e. The summed E-state index contributed by atoms with van der Waals surface area (Å²) in [7, 11) is 3.22. The molecule has 0 spiro atoms. The van der Waals surface area contributed by atoms with Crippen molar-refractivity contribution in [3.05, 3.63) is 197 Å². The molecule has 2 aromatic heterocycles. The zero-order valence-electron chi connectivity index (χ0n) is 53.9. The van der Waals surface area contributed by atoms with Crippen LogP contribution in [0.2, 0.25) is 0 Å². The molecular weight excluding hydrogens is 1180 g/mol. The molecule has 0 aliphatic heterocycles. The number of hydrogen-bond donors (Lipinski definition) is 2. The molecule has 0 radical (unpaired) electrons. The zero-order valence-corrected chi connectivity index (χ0v) is 55.5. The fourth-order valence-corrected chi connectivity index (χ4v) is 13.2. The van der Waals surface area contributed by atoms with Gasteiger partial charge < -0.3 is 57.3 Å². The van der Waals surface area contributed by atoms with Crippen molar-refractivity contribution < 1.29 is 47.1 Å². The van der Waals surface area contributed by atoms with Gasteiger partial charge in [-0.05, 0) is 200 Å². The summed E-state index contributed by atoms with van der Waals surface area (Å²) in [6, 6.07) is 34.0. The van der Waals surface area contributed by atoms with Gasteiger partial charge in [-0.2, -0.15) is 0 Å². The molecule has 91 heavy (non-hydrogen) atoms. The molecule has 16 nitrogen and oxygen atoms in total. The predicted molar refractivity (Wildman–Crippen MR) is 364 cm³/mol. The van der Waals surface area contributed by atoms with Crippen molar-refractivity contribution in [1.29, 1.82) is 0 Å². The van der Waals surface area contributed by atoms with Crippen LogP contribution in [0.5, 0.6) is 17.2 Å². The molecule has 5 aromatic carbocycles. The summed E-state index contributed by atoms with van der Waals surface area (Å²) in [5.41, 5.74) is 9.47. The van der Waals surface area contributed by atoms with Crippen molar-refractivity contribution >= 4 is 57.7 Å². The van der Waals surface area contributed by atoms with Gasteiger partial charge in [0.1, 0.15) is 42.0 Å². The van der Waals surface area contributed by atoms with Gasteiger partial charge in [0.25, 0.3) is 0 Å². The first-order valence-electron chi connectivity index (χ1n) is 31.6. The number of unbranched alkanes of at least 4 members (excludes halogenated alkanes) is 2. The van der Waals surface area contributed by atoms with E-state index in [1.54, 1.807) is 81.2 Å². The van der Waals surface area contributed by atoms with Crippen molar-refractivity contribution in [2.45, 2.75) is 127 Å². The summed E-state index contributed by atoms with van der Waals surface area (Å²) in [5, 5.41) is 5.84. The van der Waals surface area contributed by atoms with E-state index in [0.717, 1.165) is 133 Å². The van der Waals surface area contributed by atoms with Crippen LogP contribution in [0, 0.1) is 19.8 Å². The van der Waals surface area contributed by atoms with Gasteiger partial charge in [-0.15, -0.1) is 0 Å². The number of rotatable bonds is 36. The van der Waals surface area contributed by atoms with Gasteiger partial charge in [-0.3, -0.25) is 9.59 Å². The smallest absolute Gasteiger partial charge is 0.248 e. The lowest BCUT2D eigenvalue weighted by Crippen LogP contribution is -2.13. The number of amides is 2. The Morgan fingerprint density at radius 2 is 1.21 bits per heavy atom. The Labute approximate surface area is 543 Å². The third-order valence-electron chi connectivity index (χ3n) is 15.6. The Balaban J connectivity index is 0.738. The first kappa shape index (κ1) is 69.1. The SMILES string of the molecule is CCCCOCCOC1=CC(C)C(c2ccc(OC)c(/C=C/C(=O)Nc3ccc([S@+]([O-])Cc4c(C)nc(CCCCOCCOc5ccc(-c6ccc(OC)c(/C=C/C(=O)Nc7ccc([S@@+]([O-])Cc8c(C)ncn8CCC)cc7)c6)cc5)n4CCC)cc3)c2)C=C1. The van der Waals surface area contributed by atoms with Gasteiger partial charge in [0.05, 0.1) is 56.5 Å². The van der Waals surface area contributed by atoms with Crippen molar-refractivity contribution in [1.82, 2.24) is 19.1 Å². The molecular formula is C73H88N6O10S2. The highest BCUT2D eigenvalue weighted by molar-refractivity contribution is 7.91. The first-order chi connectivity index (χ1) is 44.3. The summed E-state index contributed by atoms with van der Waals surface area (Å²) < 4.78 is 66.2. The van der Waals surface area contributed by atoms with E-state index in [0.29, 0.717) is 77.2 Å². The largest absolute Gasteiger partial charge is 0.611 e. The lowest BCUT2D eigenvalue weighted by Gasteiger charge is -2.24. The number of imidazole rings is 2. The van der Waals surface area contributed by atoms with Gasteiger partial charge in [-0.25, -0.2) is 9.97 Å². The molecule has 1 aliphatic rings. The molecule has 4 atom stereocenters. The van der Waals surface area contributed by atoms with E-state index in [1.165, 1.54) is 12.2 Å². The summed E-state index contributed by atoms with van der Waals surface area (Å²) in [6.45, 7) is 17.4. The molecule has 2 N–H and O–H groups in total. The number of hydrogen-bond acceptors (Lipinski definition) is 12. The maximum absolute atomic E-state index is 13.9. The quantitative estimate of drug-likeness (QED) is 0.0215. The topological polar surface area (TPSA) is 195 Å². The van der Waals surface area contributed by atoms with E-state index in [2.05, 4.69) is 76.7 Å². The van der Waals surface area contributed by atoms with Crippen molar-refractivity contribution in [2.75, 3.05) is 64.5 Å². The number of carbonyl (C=O) groups excluding carboxylic acids is 2. The fraction of sp³-hybridized carbons (Fsp3) is 0.370. The van der Waals surface area contributed by atoms with Gasteiger partial charge in [0, 0.05) is 73.3 Å². The van der Waals surface area contributed by atoms with E-state index < -0.39 is 22.4 Å². The Kier molecular flexibility index (Phi) is 27.1. The van der Waals surface area contributed by atoms with Gasteiger partial charge in [0.15, 0.2) is 21.3 Å². The molecule has 2 amide bonds. The third-order valence-corrected chi connectivity index (χ3v) is 18.3. The molecule has 8 rings (SSSR count). The van der Waals surface area contributed by atoms with Gasteiger partial charge in [-0.1, -0.05) is 64.5 Å². The second-order valence-corrected chi connectivity index (χ2v) is 25.3. The second kappa shape index (κ2) is 35.7. The van der Waals surface area contributed by atoms with E-state index >= 15 is 0 Å². The van der Waals surface area contributed by atoms with Crippen molar-refractivity contribution in [2.24, 2.45) is 5.92 Å². The molecule has 0 fully saturated rings.